The van der Waals surface area contributed by atoms with Crippen molar-refractivity contribution in [3.05, 3.63) is 58.6 Å². The van der Waals surface area contributed by atoms with Crippen LogP contribution in [0.2, 0.25) is 5.02 Å². The molecule has 0 saturated carbocycles. The number of hydrogen-bond acceptors (Lipinski definition) is 3. The van der Waals surface area contributed by atoms with E-state index in [1.54, 1.807) is 7.11 Å². The first-order valence-corrected chi connectivity index (χ1v) is 6.85. The molecule has 2 aromatic rings. The smallest absolute Gasteiger partial charge is 0.132 e. The van der Waals surface area contributed by atoms with E-state index in [4.69, 9.17) is 26.8 Å². The molecule has 0 unspecified atom stereocenters. The van der Waals surface area contributed by atoms with Crippen molar-refractivity contribution in [2.45, 2.75) is 13.0 Å². The zero-order chi connectivity index (χ0) is 14.4. The van der Waals surface area contributed by atoms with Crippen LogP contribution < -0.4 is 10.5 Å². The molecule has 0 aliphatic rings. The lowest BCUT2D eigenvalue weighted by molar-refractivity contribution is 0.184. The van der Waals surface area contributed by atoms with Gasteiger partial charge in [0.25, 0.3) is 0 Å². The van der Waals surface area contributed by atoms with Gasteiger partial charge in [-0.15, -0.1) is 0 Å². The molecule has 0 bridgehead atoms. The molecular formula is C16H18ClNO2. The highest BCUT2D eigenvalue weighted by atomic mass is 35.5. The Morgan fingerprint density at radius 3 is 2.70 bits per heavy atom. The number of hydrogen-bond donors (Lipinski definition) is 1. The van der Waals surface area contributed by atoms with Crippen molar-refractivity contribution >= 4 is 11.6 Å². The Balaban J connectivity index is 2.25. The molecule has 0 atom stereocenters. The fraction of sp³-hybridized carbons (Fsp3) is 0.250. The lowest BCUT2D eigenvalue weighted by Gasteiger charge is -2.13. The normalized spacial score (nSPS) is 10.6. The predicted molar refractivity (Wildman–Crippen MR) is 81.4 cm³/mol. The molecule has 2 N–H and O–H groups in total. The van der Waals surface area contributed by atoms with E-state index in [9.17, 15) is 0 Å². The maximum Gasteiger partial charge on any atom is 0.132 e. The summed E-state index contributed by atoms with van der Waals surface area (Å²) in [6, 6.07) is 13.4. The monoisotopic (exact) mass is 291 g/mol. The maximum atomic E-state index is 6.20. The van der Waals surface area contributed by atoms with Crippen LogP contribution >= 0.6 is 11.6 Å². The number of benzene rings is 2. The zero-order valence-electron chi connectivity index (χ0n) is 11.4. The van der Waals surface area contributed by atoms with E-state index in [1.165, 1.54) is 0 Å². The third-order valence-electron chi connectivity index (χ3n) is 2.91. The van der Waals surface area contributed by atoms with Crippen LogP contribution in [0.15, 0.2) is 42.5 Å². The largest absolute Gasteiger partial charge is 0.457 e. The number of ether oxygens (including phenoxy) is 2. The third-order valence-corrected chi connectivity index (χ3v) is 3.26. The first-order chi connectivity index (χ1) is 9.74. The number of rotatable bonds is 6. The van der Waals surface area contributed by atoms with Gasteiger partial charge in [-0.2, -0.15) is 0 Å². The summed E-state index contributed by atoms with van der Waals surface area (Å²) in [6.07, 6.45) is 0.687. The molecule has 0 aliphatic carbocycles. The average Bonchev–Trinajstić information content (AvgIpc) is 2.44. The van der Waals surface area contributed by atoms with E-state index in [0.29, 0.717) is 24.6 Å². The molecule has 20 heavy (non-hydrogen) atoms. The van der Waals surface area contributed by atoms with Crippen LogP contribution in [0.5, 0.6) is 11.5 Å². The van der Waals surface area contributed by atoms with Gasteiger partial charge in [-0.25, -0.2) is 0 Å². The molecular weight excluding hydrogens is 274 g/mol. The van der Waals surface area contributed by atoms with E-state index < -0.39 is 0 Å². The van der Waals surface area contributed by atoms with Gasteiger partial charge in [0.1, 0.15) is 11.5 Å². The highest BCUT2D eigenvalue weighted by Gasteiger charge is 2.08. The van der Waals surface area contributed by atoms with E-state index in [2.05, 4.69) is 0 Å². The minimum atomic E-state index is 0.532. The lowest BCUT2D eigenvalue weighted by atomic mass is 10.1. The van der Waals surface area contributed by atoms with Gasteiger partial charge in [-0.1, -0.05) is 29.8 Å². The van der Waals surface area contributed by atoms with Crippen LogP contribution in [0.1, 0.15) is 11.1 Å². The van der Waals surface area contributed by atoms with Gasteiger partial charge >= 0.3 is 0 Å². The summed E-state index contributed by atoms with van der Waals surface area (Å²) in [5, 5.41) is 0.681. The molecule has 4 heteroatoms. The summed E-state index contributed by atoms with van der Waals surface area (Å²) in [6.45, 7) is 1.09. The summed E-state index contributed by atoms with van der Waals surface area (Å²) in [7, 11) is 1.67. The van der Waals surface area contributed by atoms with Gasteiger partial charge in [0, 0.05) is 17.7 Å². The van der Waals surface area contributed by atoms with Gasteiger partial charge < -0.3 is 15.2 Å². The second kappa shape index (κ2) is 7.29. The Hall–Kier alpha value is -1.55. The molecule has 0 radical (unpaired) electrons. The number of methoxy groups -OCH3 is 1. The zero-order valence-corrected chi connectivity index (χ0v) is 12.2. The standard InChI is InChI=1S/C16H18ClNO2/c1-19-11-12-4-2-5-13(10-12)20-16-7-3-6-15(17)14(16)8-9-18/h2-7,10H,8-9,11,18H2,1H3. The SMILES string of the molecule is COCc1cccc(Oc2cccc(Cl)c2CCN)c1. The van der Waals surface area contributed by atoms with Crippen LogP contribution in [0, 0.1) is 0 Å². The Kier molecular flexibility index (Phi) is 5.41. The second-order valence-corrected chi connectivity index (χ2v) is 4.84. The van der Waals surface area contributed by atoms with Gasteiger partial charge in [0.15, 0.2) is 0 Å². The average molecular weight is 292 g/mol. The van der Waals surface area contributed by atoms with Crippen molar-refractivity contribution in [2.24, 2.45) is 5.73 Å². The molecule has 0 heterocycles. The summed E-state index contributed by atoms with van der Waals surface area (Å²) >= 11 is 6.20. The molecule has 2 rings (SSSR count). The Morgan fingerprint density at radius 1 is 1.15 bits per heavy atom. The minimum absolute atomic E-state index is 0.532. The molecule has 2 aromatic carbocycles. The van der Waals surface area contributed by atoms with Crippen molar-refractivity contribution in [3.63, 3.8) is 0 Å². The maximum absolute atomic E-state index is 6.20. The fourth-order valence-electron chi connectivity index (χ4n) is 2.01. The van der Waals surface area contributed by atoms with Crippen LogP contribution in [0.4, 0.5) is 0 Å². The number of nitrogens with two attached hydrogens (primary N) is 1. The summed E-state index contributed by atoms with van der Waals surface area (Å²) in [5.41, 5.74) is 7.63. The van der Waals surface area contributed by atoms with Gasteiger partial charge in [0.05, 0.1) is 6.61 Å². The third kappa shape index (κ3) is 3.73. The molecule has 0 spiro atoms. The van der Waals surface area contributed by atoms with Crippen LogP contribution in [-0.2, 0) is 17.8 Å². The minimum Gasteiger partial charge on any atom is -0.457 e. The van der Waals surface area contributed by atoms with E-state index in [-0.39, 0.29) is 0 Å². The molecule has 0 aromatic heterocycles. The van der Waals surface area contributed by atoms with Crippen LogP contribution in [-0.4, -0.2) is 13.7 Å². The first-order valence-electron chi connectivity index (χ1n) is 6.47. The van der Waals surface area contributed by atoms with E-state index in [0.717, 1.165) is 22.6 Å². The molecule has 3 nitrogen and oxygen atoms in total. The lowest BCUT2D eigenvalue weighted by Crippen LogP contribution is -2.04. The fourth-order valence-corrected chi connectivity index (χ4v) is 2.27. The van der Waals surface area contributed by atoms with Crippen molar-refractivity contribution in [1.82, 2.24) is 0 Å². The molecule has 0 saturated heterocycles. The van der Waals surface area contributed by atoms with Crippen molar-refractivity contribution in [3.8, 4) is 11.5 Å². The molecule has 0 aliphatic heterocycles. The first kappa shape index (κ1) is 14.9. The Labute approximate surface area is 124 Å². The van der Waals surface area contributed by atoms with Crippen molar-refractivity contribution < 1.29 is 9.47 Å². The summed E-state index contributed by atoms with van der Waals surface area (Å²) < 4.78 is 11.1. The predicted octanol–water partition coefficient (Wildman–Crippen LogP) is 3.78. The van der Waals surface area contributed by atoms with E-state index in [1.807, 2.05) is 42.5 Å². The summed E-state index contributed by atoms with van der Waals surface area (Å²) in [5.74, 6) is 1.51. The molecule has 0 fully saturated rings. The van der Waals surface area contributed by atoms with Crippen molar-refractivity contribution in [1.29, 1.82) is 0 Å². The van der Waals surface area contributed by atoms with Gasteiger partial charge in [0.2, 0.25) is 0 Å². The molecule has 0 amide bonds. The van der Waals surface area contributed by atoms with Gasteiger partial charge in [-0.3, -0.25) is 0 Å². The quantitative estimate of drug-likeness (QED) is 0.881. The van der Waals surface area contributed by atoms with Crippen LogP contribution in [0.3, 0.4) is 0 Å². The topological polar surface area (TPSA) is 44.5 Å². The highest BCUT2D eigenvalue weighted by molar-refractivity contribution is 6.31. The number of halogens is 1. The second-order valence-electron chi connectivity index (χ2n) is 4.44. The Bertz CT molecular complexity index is 572. The summed E-state index contributed by atoms with van der Waals surface area (Å²) in [4.78, 5) is 0. The molecule has 106 valence electrons. The van der Waals surface area contributed by atoms with Crippen molar-refractivity contribution in [2.75, 3.05) is 13.7 Å². The van der Waals surface area contributed by atoms with E-state index >= 15 is 0 Å². The van der Waals surface area contributed by atoms with Gasteiger partial charge in [-0.05, 0) is 42.8 Å². The van der Waals surface area contributed by atoms with Crippen LogP contribution in [0.25, 0.3) is 0 Å². The highest BCUT2D eigenvalue weighted by Crippen LogP contribution is 2.31. The Morgan fingerprint density at radius 2 is 1.95 bits per heavy atom.